The third-order valence-electron chi connectivity index (χ3n) is 7.61. The molecule has 16 heteroatoms. The Morgan fingerprint density at radius 1 is 0.740 bits per heavy atom. The predicted octanol–water partition coefficient (Wildman–Crippen LogP) is 7.50. The number of carboxylic acid groups (broad SMARTS) is 1. The number of ether oxygens (including phenoxy) is 2. The zero-order valence-corrected chi connectivity index (χ0v) is 31.6. The maximum Gasteiger partial charge on any atom is 0.300 e. The van der Waals surface area contributed by atoms with Crippen molar-refractivity contribution in [3.8, 4) is 11.8 Å². The molecule has 0 spiro atoms. The molecule has 4 aliphatic heterocycles. The first-order valence-electron chi connectivity index (χ1n) is 15.5. The van der Waals surface area contributed by atoms with Crippen LogP contribution in [0.25, 0.3) is 23.3 Å². The van der Waals surface area contributed by atoms with Crippen molar-refractivity contribution in [2.24, 2.45) is 9.98 Å². The number of allylic oxidation sites excluding steroid dienone is 2. The number of morpholine rings is 2. The number of carbonyl (C=O) groups is 1. The summed E-state index contributed by atoms with van der Waals surface area (Å²) < 4.78 is 12.7. The number of hydrogen-bond acceptors (Lipinski definition) is 13. The smallest absolute Gasteiger partial charge is 0.300 e. The molecule has 2 fully saturated rings. The third-order valence-corrected chi connectivity index (χ3v) is 10.7. The number of aromatic nitrogens is 2. The lowest BCUT2D eigenvalue weighted by Crippen LogP contribution is -2.36. The van der Waals surface area contributed by atoms with Crippen LogP contribution in [0.5, 0.6) is 11.8 Å². The summed E-state index contributed by atoms with van der Waals surface area (Å²) in [6, 6.07) is 12.0. The maximum absolute atomic E-state index is 10.2. The minimum atomic E-state index is -0.833. The zero-order chi connectivity index (χ0) is 35.2. The van der Waals surface area contributed by atoms with Gasteiger partial charge in [-0.05, 0) is 48.6 Å². The predicted molar refractivity (Wildman–Crippen MR) is 207 cm³/mol. The topological polar surface area (TPSA) is 153 Å². The van der Waals surface area contributed by atoms with Gasteiger partial charge in [0.05, 0.1) is 47.6 Å². The van der Waals surface area contributed by atoms with Crippen LogP contribution in [-0.2, 0) is 14.3 Å². The van der Waals surface area contributed by atoms with Crippen LogP contribution < -0.4 is 9.80 Å². The number of nitrogens with zero attached hydrogens (tertiary/aromatic N) is 6. The van der Waals surface area contributed by atoms with Crippen molar-refractivity contribution in [1.82, 2.24) is 9.97 Å². The Kier molecular flexibility index (Phi) is 11.8. The lowest BCUT2D eigenvalue weighted by molar-refractivity contribution is -0.134. The van der Waals surface area contributed by atoms with E-state index in [1.54, 1.807) is 0 Å². The number of carboxylic acids is 1. The van der Waals surface area contributed by atoms with E-state index in [2.05, 4.69) is 61.6 Å². The summed E-state index contributed by atoms with van der Waals surface area (Å²) in [6.07, 6.45) is 7.53. The number of hydrogen-bond donors (Lipinski definition) is 3. The number of aromatic hydroxyl groups is 2. The summed E-state index contributed by atoms with van der Waals surface area (Å²) in [5.41, 5.74) is 5.96. The average Bonchev–Trinajstić information content (AvgIpc) is 3.89. The highest BCUT2D eigenvalue weighted by molar-refractivity contribution is 9.10. The van der Waals surface area contributed by atoms with Crippen LogP contribution >= 0.6 is 54.5 Å². The molecule has 50 heavy (non-hydrogen) atoms. The summed E-state index contributed by atoms with van der Waals surface area (Å²) >= 11 is 9.96. The minimum absolute atomic E-state index is 0.0702. The van der Waals surface area contributed by atoms with Gasteiger partial charge in [0.25, 0.3) is 5.97 Å². The van der Waals surface area contributed by atoms with Gasteiger partial charge in [0.15, 0.2) is 10.3 Å². The number of aliphatic carboxylic acids is 1. The Bertz CT molecular complexity index is 1860. The Morgan fingerprint density at radius 3 is 1.50 bits per heavy atom. The molecule has 0 aliphatic carbocycles. The molecule has 6 heterocycles. The number of aliphatic imine (C=N–C) groups is 2. The first-order chi connectivity index (χ1) is 24.1. The molecule has 0 bridgehead atoms. The van der Waals surface area contributed by atoms with E-state index in [0.717, 1.165) is 95.7 Å². The molecular formula is C34H32Br2N6O6S2. The molecule has 0 saturated carbocycles. The van der Waals surface area contributed by atoms with Crippen molar-refractivity contribution in [3.63, 3.8) is 0 Å². The van der Waals surface area contributed by atoms with E-state index >= 15 is 0 Å². The normalized spacial score (nSPS) is 17.7. The van der Waals surface area contributed by atoms with Crippen molar-refractivity contribution < 1.29 is 29.6 Å². The fourth-order valence-electron chi connectivity index (χ4n) is 5.23. The Hall–Kier alpha value is -3.93. The summed E-state index contributed by atoms with van der Waals surface area (Å²) in [5.74, 6) is -0.693. The summed E-state index contributed by atoms with van der Waals surface area (Å²) in [6.45, 7) is 7.10. The molecule has 2 aromatic heterocycles. The highest BCUT2D eigenvalue weighted by Gasteiger charge is 2.21. The molecule has 2 saturated heterocycles. The van der Waals surface area contributed by atoms with Crippen LogP contribution in [0.2, 0.25) is 0 Å². The number of halogens is 2. The highest BCUT2D eigenvalue weighted by atomic mass is 79.9. The summed E-state index contributed by atoms with van der Waals surface area (Å²) in [5, 5.41) is 29.4. The second kappa shape index (κ2) is 16.4. The van der Waals surface area contributed by atoms with Gasteiger partial charge in [-0.2, -0.15) is 9.97 Å². The molecule has 12 nitrogen and oxygen atoms in total. The summed E-state index contributed by atoms with van der Waals surface area (Å²) in [7, 11) is 0. The molecule has 0 radical (unpaired) electrons. The minimum Gasteiger partial charge on any atom is -0.492 e. The Morgan fingerprint density at radius 2 is 1.12 bits per heavy atom. The van der Waals surface area contributed by atoms with Crippen LogP contribution in [0.4, 0.5) is 21.6 Å². The van der Waals surface area contributed by atoms with Crippen LogP contribution in [0, 0.1) is 0 Å². The zero-order valence-electron chi connectivity index (χ0n) is 26.8. The molecule has 0 amide bonds. The van der Waals surface area contributed by atoms with Gasteiger partial charge >= 0.3 is 0 Å². The molecule has 8 rings (SSSR count). The monoisotopic (exact) mass is 842 g/mol. The number of rotatable bonds is 4. The molecule has 2 aromatic carbocycles. The van der Waals surface area contributed by atoms with Crippen molar-refractivity contribution in [2.75, 3.05) is 62.4 Å². The van der Waals surface area contributed by atoms with Crippen molar-refractivity contribution in [1.29, 1.82) is 0 Å². The molecular weight excluding hydrogens is 812 g/mol. The van der Waals surface area contributed by atoms with Gasteiger partial charge < -0.3 is 34.6 Å². The summed E-state index contributed by atoms with van der Waals surface area (Å²) in [4.78, 5) is 32.2. The quantitative estimate of drug-likeness (QED) is 0.188. The second-order valence-electron chi connectivity index (χ2n) is 11.1. The fraction of sp³-hybridized carbons (Fsp3) is 0.265. The van der Waals surface area contributed by atoms with Gasteiger partial charge in [0.2, 0.25) is 11.8 Å². The lowest BCUT2D eigenvalue weighted by Gasteiger charge is -2.25. The van der Waals surface area contributed by atoms with E-state index in [1.807, 2.05) is 61.0 Å². The SMILES string of the molecule is CC(=O)O.Oc1nc(N2CCOCC2)sc1/C=C1\C=Nc2ccc(Br)cc21.Oc1nc(N2CCOCC2)sc1/C=C1\C=Nc2ccc(Br)cc21. The molecule has 4 aliphatic rings. The standard InChI is InChI=1S/2C16H14BrN3O2S.C2H4O2/c2*17-11-1-2-13-12(8-11)10(9-18-13)7-14-15(21)19-16(23-14)20-3-5-22-6-4-20;1-2(3)4/h2*1-2,7-9,21H,3-6H2;1H3,(H,3,4)/b2*10-7+;. The molecule has 0 unspecified atom stereocenters. The maximum atomic E-state index is 10.2. The van der Waals surface area contributed by atoms with Gasteiger partial charge in [-0.1, -0.05) is 54.5 Å². The Labute approximate surface area is 313 Å². The van der Waals surface area contributed by atoms with E-state index in [4.69, 9.17) is 19.4 Å². The van der Waals surface area contributed by atoms with Crippen molar-refractivity contribution in [3.05, 3.63) is 66.2 Å². The highest BCUT2D eigenvalue weighted by Crippen LogP contribution is 2.40. The molecule has 260 valence electrons. The van der Waals surface area contributed by atoms with Crippen LogP contribution in [0.15, 0.2) is 55.3 Å². The van der Waals surface area contributed by atoms with Gasteiger partial charge in [-0.25, -0.2) is 0 Å². The molecule has 3 N–H and O–H groups in total. The van der Waals surface area contributed by atoms with Crippen LogP contribution in [0.3, 0.4) is 0 Å². The van der Waals surface area contributed by atoms with Crippen molar-refractivity contribution in [2.45, 2.75) is 6.92 Å². The van der Waals surface area contributed by atoms with E-state index in [0.29, 0.717) is 26.4 Å². The molecule has 4 aromatic rings. The van der Waals surface area contributed by atoms with Crippen molar-refractivity contribution >= 4 is 118 Å². The lowest BCUT2D eigenvalue weighted by atomic mass is 10.1. The van der Waals surface area contributed by atoms with Crippen LogP contribution in [0.1, 0.15) is 27.8 Å². The third kappa shape index (κ3) is 8.86. The van der Waals surface area contributed by atoms with E-state index in [9.17, 15) is 10.2 Å². The number of fused-ring (bicyclic) bond motifs is 2. The first kappa shape index (κ1) is 35.9. The van der Waals surface area contributed by atoms with Gasteiger partial charge in [0.1, 0.15) is 0 Å². The van der Waals surface area contributed by atoms with Crippen LogP contribution in [-0.4, -0.2) is 96.3 Å². The van der Waals surface area contributed by atoms with Gasteiger partial charge in [-0.3, -0.25) is 14.8 Å². The second-order valence-corrected chi connectivity index (χ2v) is 15.0. The number of benzene rings is 2. The fourth-order valence-corrected chi connectivity index (χ4v) is 7.88. The van der Waals surface area contributed by atoms with E-state index in [1.165, 1.54) is 22.7 Å². The Balaban J connectivity index is 0.000000156. The largest absolute Gasteiger partial charge is 0.492 e. The first-order valence-corrected chi connectivity index (χ1v) is 18.7. The van der Waals surface area contributed by atoms with Gasteiger partial charge in [0, 0.05) is 76.8 Å². The van der Waals surface area contributed by atoms with E-state index in [-0.39, 0.29) is 11.8 Å². The average molecular weight is 845 g/mol. The number of thiazole rings is 2. The van der Waals surface area contributed by atoms with E-state index < -0.39 is 5.97 Å². The number of anilines is 2. The van der Waals surface area contributed by atoms with Gasteiger partial charge in [-0.15, -0.1) is 0 Å². The molecule has 0 atom stereocenters.